The van der Waals surface area contributed by atoms with E-state index < -0.39 is 0 Å². The number of rotatable bonds is 7. The number of aryl methyl sites for hydroxylation is 2. The molecule has 1 unspecified atom stereocenters. The fraction of sp³-hybridized carbons (Fsp3) is 0.680. The van der Waals surface area contributed by atoms with Crippen LogP contribution in [-0.4, -0.2) is 85.2 Å². The van der Waals surface area contributed by atoms with Gasteiger partial charge in [-0.05, 0) is 57.6 Å². The zero-order valence-corrected chi connectivity index (χ0v) is 19.8. The fourth-order valence-electron chi connectivity index (χ4n) is 5.01. The van der Waals surface area contributed by atoms with E-state index in [4.69, 9.17) is 4.74 Å². The average Bonchev–Trinajstić information content (AvgIpc) is 3.53. The van der Waals surface area contributed by atoms with Crippen LogP contribution in [0.1, 0.15) is 43.2 Å². The standard InChI is InChI=1S/C25H38N4O3/c1-18-4-7-23(19(2)16-18)26-25(31)27(3)12-13-29(21-9-14-32-15-10-21)22-8-11-28(17-22)24(30)20-5-6-20/h4,7,16,20-22H,5-6,8-15,17H2,1-3H3,(H,26,31). The maximum atomic E-state index is 12.8. The molecule has 2 aliphatic heterocycles. The van der Waals surface area contributed by atoms with Gasteiger partial charge in [0.05, 0.1) is 0 Å². The number of nitrogens with one attached hydrogen (secondary N) is 1. The first-order valence-corrected chi connectivity index (χ1v) is 12.1. The second kappa shape index (κ2) is 10.2. The van der Waals surface area contributed by atoms with Crippen LogP contribution in [0.2, 0.25) is 0 Å². The Morgan fingerprint density at radius 2 is 1.81 bits per heavy atom. The zero-order valence-electron chi connectivity index (χ0n) is 19.8. The van der Waals surface area contributed by atoms with Gasteiger partial charge in [0.2, 0.25) is 5.91 Å². The Labute approximate surface area is 192 Å². The molecule has 1 saturated carbocycles. The van der Waals surface area contributed by atoms with Gasteiger partial charge in [-0.2, -0.15) is 0 Å². The summed E-state index contributed by atoms with van der Waals surface area (Å²) >= 11 is 0. The quantitative estimate of drug-likeness (QED) is 0.704. The summed E-state index contributed by atoms with van der Waals surface area (Å²) in [6.45, 7) is 8.82. The highest BCUT2D eigenvalue weighted by Crippen LogP contribution is 2.33. The third-order valence-corrected chi connectivity index (χ3v) is 7.19. The number of carbonyl (C=O) groups excluding carboxylic acids is 2. The molecule has 176 valence electrons. The van der Waals surface area contributed by atoms with E-state index in [1.54, 1.807) is 4.90 Å². The summed E-state index contributed by atoms with van der Waals surface area (Å²) in [7, 11) is 1.86. The van der Waals surface area contributed by atoms with Gasteiger partial charge < -0.3 is 19.9 Å². The van der Waals surface area contributed by atoms with E-state index in [0.29, 0.717) is 24.5 Å². The van der Waals surface area contributed by atoms with E-state index >= 15 is 0 Å². The number of hydrogen-bond donors (Lipinski definition) is 1. The van der Waals surface area contributed by atoms with Crippen molar-refractivity contribution in [3.63, 3.8) is 0 Å². The van der Waals surface area contributed by atoms with Crippen LogP contribution in [0.15, 0.2) is 18.2 Å². The second-order valence-electron chi connectivity index (χ2n) is 9.75. The highest BCUT2D eigenvalue weighted by atomic mass is 16.5. The summed E-state index contributed by atoms with van der Waals surface area (Å²) in [5.41, 5.74) is 3.12. The topological polar surface area (TPSA) is 65.1 Å². The Hall–Kier alpha value is -2.12. The monoisotopic (exact) mass is 442 g/mol. The molecule has 3 aliphatic rings. The molecule has 1 aromatic rings. The van der Waals surface area contributed by atoms with Gasteiger partial charge in [0.25, 0.3) is 0 Å². The van der Waals surface area contributed by atoms with Crippen LogP contribution in [0.4, 0.5) is 10.5 Å². The van der Waals surface area contributed by atoms with E-state index in [1.807, 2.05) is 26.1 Å². The maximum Gasteiger partial charge on any atom is 0.321 e. The fourth-order valence-corrected chi connectivity index (χ4v) is 5.01. The number of amides is 3. The zero-order chi connectivity index (χ0) is 22.7. The van der Waals surface area contributed by atoms with Crippen molar-refractivity contribution in [2.45, 2.75) is 58.0 Å². The third kappa shape index (κ3) is 5.62. The number of likely N-dealkylation sites (N-methyl/N-ethyl adjacent to an activating group) is 1. The molecular formula is C25H38N4O3. The molecule has 1 aliphatic carbocycles. The molecule has 0 aromatic heterocycles. The van der Waals surface area contributed by atoms with Gasteiger partial charge in [-0.25, -0.2) is 4.79 Å². The Kier molecular flexibility index (Phi) is 7.36. The second-order valence-corrected chi connectivity index (χ2v) is 9.75. The van der Waals surface area contributed by atoms with Crippen molar-refractivity contribution in [2.75, 3.05) is 51.8 Å². The van der Waals surface area contributed by atoms with E-state index in [-0.39, 0.29) is 11.9 Å². The first kappa shape index (κ1) is 23.1. The van der Waals surface area contributed by atoms with E-state index in [0.717, 1.165) is 76.2 Å². The molecule has 7 heteroatoms. The van der Waals surface area contributed by atoms with Crippen LogP contribution in [0.25, 0.3) is 0 Å². The van der Waals surface area contributed by atoms with Crippen molar-refractivity contribution in [1.82, 2.24) is 14.7 Å². The van der Waals surface area contributed by atoms with Crippen molar-refractivity contribution in [1.29, 1.82) is 0 Å². The lowest BCUT2D eigenvalue weighted by Gasteiger charge is -2.39. The van der Waals surface area contributed by atoms with Crippen molar-refractivity contribution in [2.24, 2.45) is 5.92 Å². The first-order valence-electron chi connectivity index (χ1n) is 12.1. The van der Waals surface area contributed by atoms with Crippen molar-refractivity contribution < 1.29 is 14.3 Å². The smallest absolute Gasteiger partial charge is 0.321 e. The lowest BCUT2D eigenvalue weighted by atomic mass is 10.0. The van der Waals surface area contributed by atoms with Crippen LogP contribution in [0.5, 0.6) is 0 Å². The number of benzene rings is 1. The minimum atomic E-state index is -0.0826. The number of hydrogen-bond acceptors (Lipinski definition) is 4. The molecule has 3 fully saturated rings. The lowest BCUT2D eigenvalue weighted by molar-refractivity contribution is -0.131. The summed E-state index contributed by atoms with van der Waals surface area (Å²) in [5.74, 6) is 0.634. The van der Waals surface area contributed by atoms with Crippen LogP contribution in [-0.2, 0) is 9.53 Å². The van der Waals surface area contributed by atoms with Gasteiger partial charge in [0, 0.05) is 70.1 Å². The minimum Gasteiger partial charge on any atom is -0.381 e. The molecule has 2 saturated heterocycles. The summed E-state index contributed by atoms with van der Waals surface area (Å²) in [4.78, 5) is 31.8. The molecule has 1 aromatic carbocycles. The Balaban J connectivity index is 1.35. The molecule has 7 nitrogen and oxygen atoms in total. The third-order valence-electron chi connectivity index (χ3n) is 7.19. The Morgan fingerprint density at radius 3 is 2.50 bits per heavy atom. The van der Waals surface area contributed by atoms with Crippen LogP contribution in [0.3, 0.4) is 0 Å². The molecule has 0 radical (unpaired) electrons. The number of urea groups is 1. The normalized spacial score (nSPS) is 21.8. The van der Waals surface area contributed by atoms with E-state index in [1.165, 1.54) is 5.56 Å². The van der Waals surface area contributed by atoms with E-state index in [9.17, 15) is 9.59 Å². The molecule has 2 heterocycles. The van der Waals surface area contributed by atoms with Crippen molar-refractivity contribution in [3.8, 4) is 0 Å². The van der Waals surface area contributed by atoms with Crippen LogP contribution >= 0.6 is 0 Å². The number of nitrogens with zero attached hydrogens (tertiary/aromatic N) is 3. The number of anilines is 1. The molecule has 1 N–H and O–H groups in total. The SMILES string of the molecule is Cc1ccc(NC(=O)N(C)CCN(C2CCOCC2)C2CCN(C(=O)C3CC3)C2)c(C)c1. The van der Waals surface area contributed by atoms with Gasteiger partial charge in [-0.15, -0.1) is 0 Å². The van der Waals surface area contributed by atoms with Crippen LogP contribution < -0.4 is 5.32 Å². The number of ether oxygens (including phenoxy) is 1. The molecule has 1 atom stereocenters. The molecule has 0 bridgehead atoms. The van der Waals surface area contributed by atoms with Gasteiger partial charge in [-0.3, -0.25) is 9.69 Å². The highest BCUT2D eigenvalue weighted by Gasteiger charge is 2.39. The molecular weight excluding hydrogens is 404 g/mol. The summed E-state index contributed by atoms with van der Waals surface area (Å²) in [6, 6.07) is 6.81. The predicted molar refractivity (Wildman–Crippen MR) is 126 cm³/mol. The van der Waals surface area contributed by atoms with Gasteiger partial charge >= 0.3 is 6.03 Å². The summed E-state index contributed by atoms with van der Waals surface area (Å²) < 4.78 is 5.60. The highest BCUT2D eigenvalue weighted by molar-refractivity contribution is 5.90. The van der Waals surface area contributed by atoms with Crippen molar-refractivity contribution >= 4 is 17.6 Å². The van der Waals surface area contributed by atoms with E-state index in [2.05, 4.69) is 28.1 Å². The summed E-state index contributed by atoms with van der Waals surface area (Å²) in [6.07, 6.45) is 5.18. The number of carbonyl (C=O) groups is 2. The Bertz CT molecular complexity index is 819. The average molecular weight is 443 g/mol. The molecule has 0 spiro atoms. The maximum absolute atomic E-state index is 12.8. The lowest BCUT2D eigenvalue weighted by Crippen LogP contribution is -2.50. The molecule has 32 heavy (non-hydrogen) atoms. The molecule has 3 amide bonds. The van der Waals surface area contributed by atoms with Crippen molar-refractivity contribution in [3.05, 3.63) is 29.3 Å². The van der Waals surface area contributed by atoms with Gasteiger partial charge in [-0.1, -0.05) is 17.7 Å². The minimum absolute atomic E-state index is 0.0826. The largest absolute Gasteiger partial charge is 0.381 e. The number of likely N-dealkylation sites (tertiary alicyclic amines) is 1. The first-order chi connectivity index (χ1) is 15.4. The predicted octanol–water partition coefficient (Wildman–Crippen LogP) is 3.26. The van der Waals surface area contributed by atoms with Gasteiger partial charge in [0.15, 0.2) is 0 Å². The molecule has 4 rings (SSSR count). The Morgan fingerprint density at radius 1 is 1.06 bits per heavy atom. The van der Waals surface area contributed by atoms with Gasteiger partial charge in [0.1, 0.15) is 0 Å². The summed E-state index contributed by atoms with van der Waals surface area (Å²) in [5, 5.41) is 3.05. The van der Waals surface area contributed by atoms with Crippen LogP contribution in [0, 0.1) is 19.8 Å².